The molecule has 0 bridgehead atoms. The number of hydrogen-bond acceptors (Lipinski definition) is 4. The normalized spacial score (nSPS) is 9.92. The van der Waals surface area contributed by atoms with E-state index in [-0.39, 0.29) is 21.2 Å². The number of halogens is 1. The van der Waals surface area contributed by atoms with E-state index in [2.05, 4.69) is 37.4 Å². The van der Waals surface area contributed by atoms with Crippen LogP contribution in [0.15, 0.2) is 74.2 Å². The van der Waals surface area contributed by atoms with Gasteiger partial charge in [-0.15, -0.1) is 0 Å². The van der Waals surface area contributed by atoms with Gasteiger partial charge in [-0.1, -0.05) is 13.2 Å². The second-order valence-corrected chi connectivity index (χ2v) is 7.80. The predicted molar refractivity (Wildman–Crippen MR) is 93.6 cm³/mol. The van der Waals surface area contributed by atoms with Crippen molar-refractivity contribution in [1.82, 2.24) is 0 Å². The number of rotatable bonds is 12. The molecular weight excluding hydrogens is 431 g/mol. The molecule has 2 aromatic rings. The lowest BCUT2D eigenvalue weighted by Gasteiger charge is -2.05. The van der Waals surface area contributed by atoms with Crippen molar-refractivity contribution in [2.45, 2.75) is 0 Å². The zero-order valence-electron chi connectivity index (χ0n) is 14.0. The van der Waals surface area contributed by atoms with Gasteiger partial charge < -0.3 is 18.9 Å². The summed E-state index contributed by atoms with van der Waals surface area (Å²) in [6, 6.07) is 16.5. The highest BCUT2D eigenvalue weighted by Crippen LogP contribution is 2.09. The Hall–Kier alpha value is -2.15. The van der Waals surface area contributed by atoms with Crippen molar-refractivity contribution in [3.63, 3.8) is 0 Å². The molecule has 132 valence electrons. The zero-order chi connectivity index (χ0) is 17.7. The molecule has 5 heteroatoms. The first-order valence-corrected chi connectivity index (χ1v) is 10.0. The minimum absolute atomic E-state index is 0.223. The summed E-state index contributed by atoms with van der Waals surface area (Å²) in [5.41, 5.74) is 0. The maximum Gasteiger partial charge on any atom is 0.357 e. The summed E-state index contributed by atoms with van der Waals surface area (Å²) in [4.78, 5) is 0. The zero-order valence-corrected chi connectivity index (χ0v) is 16.2. The molecule has 0 aliphatic carbocycles. The van der Waals surface area contributed by atoms with E-state index in [0.29, 0.717) is 26.4 Å². The molecule has 0 saturated carbocycles. The van der Waals surface area contributed by atoms with Gasteiger partial charge in [-0.25, -0.2) is 0 Å². The summed E-state index contributed by atoms with van der Waals surface area (Å²) in [6.45, 7) is 9.03. The third-order valence-electron chi connectivity index (χ3n) is 3.02. The minimum atomic E-state index is -0.223. The van der Waals surface area contributed by atoms with Gasteiger partial charge in [-0.2, -0.15) is 0 Å². The van der Waals surface area contributed by atoms with Crippen LogP contribution in [0.1, 0.15) is 0 Å². The molecule has 0 N–H and O–H groups in total. The third-order valence-corrected chi connectivity index (χ3v) is 5.70. The molecule has 0 aromatic heterocycles. The van der Waals surface area contributed by atoms with Crippen molar-refractivity contribution < 1.29 is 40.2 Å². The van der Waals surface area contributed by atoms with Crippen molar-refractivity contribution in [2.75, 3.05) is 26.4 Å². The second-order valence-electron chi connectivity index (χ2n) is 4.77. The lowest BCUT2D eigenvalue weighted by atomic mass is 10.3. The monoisotopic (exact) mass is 453 g/mol. The topological polar surface area (TPSA) is 36.9 Å². The fraction of sp³-hybridized carbons (Fsp3) is 0.200. The van der Waals surface area contributed by atoms with E-state index in [9.17, 15) is 0 Å². The first kappa shape index (κ1) is 19.2. The Morgan fingerprint density at radius 1 is 0.640 bits per heavy atom. The van der Waals surface area contributed by atoms with E-state index >= 15 is 0 Å². The number of hydrogen-bond donors (Lipinski definition) is 0. The van der Waals surface area contributed by atoms with Crippen molar-refractivity contribution in [3.8, 4) is 11.5 Å². The van der Waals surface area contributed by atoms with Crippen LogP contribution in [-0.4, -0.2) is 26.4 Å². The average molecular weight is 453 g/mol. The summed E-state index contributed by atoms with van der Waals surface area (Å²) < 4.78 is 23.9. The van der Waals surface area contributed by atoms with Crippen LogP contribution in [0, 0.1) is 7.14 Å². The Morgan fingerprint density at radius 2 is 1.04 bits per heavy atom. The van der Waals surface area contributed by atoms with E-state index in [0.717, 1.165) is 11.5 Å². The number of benzene rings is 2. The van der Waals surface area contributed by atoms with Gasteiger partial charge in [0.15, 0.2) is 7.14 Å². The fourth-order valence-electron chi connectivity index (χ4n) is 1.90. The quantitative estimate of drug-likeness (QED) is 0.272. The van der Waals surface area contributed by atoms with E-state index in [1.54, 1.807) is 0 Å². The molecule has 0 amide bonds. The standard InChI is InChI=1S/C20H22IO4/c1-3-22-13-15-24-19-9-5-17(6-10-19)21-18-7-11-20(12-8-18)25-16-14-23-4-2/h3-12H,1-2,13-16H2/q+1. The van der Waals surface area contributed by atoms with Gasteiger partial charge in [-0.3, -0.25) is 0 Å². The molecule has 25 heavy (non-hydrogen) atoms. The van der Waals surface area contributed by atoms with Crippen LogP contribution in [0.4, 0.5) is 0 Å². The largest absolute Gasteiger partial charge is 0.498 e. The third kappa shape index (κ3) is 7.51. The lowest BCUT2D eigenvalue weighted by molar-refractivity contribution is -0.597. The minimum Gasteiger partial charge on any atom is -0.498 e. The molecule has 0 atom stereocenters. The highest BCUT2D eigenvalue weighted by atomic mass is 127. The van der Waals surface area contributed by atoms with E-state index in [1.807, 2.05) is 24.3 Å². The highest BCUT2D eigenvalue weighted by molar-refractivity contribution is 5.22. The van der Waals surface area contributed by atoms with Crippen molar-refractivity contribution in [2.24, 2.45) is 0 Å². The number of ether oxygens (including phenoxy) is 4. The summed E-state index contributed by atoms with van der Waals surface area (Å²) in [7, 11) is 0. The molecule has 2 rings (SSSR count). The van der Waals surface area contributed by atoms with Crippen LogP contribution in [0.25, 0.3) is 0 Å². The van der Waals surface area contributed by atoms with Gasteiger partial charge >= 0.3 is 21.2 Å². The fourth-order valence-corrected chi connectivity index (χ4v) is 4.05. The van der Waals surface area contributed by atoms with Gasteiger partial charge in [0.05, 0.1) is 12.5 Å². The molecule has 0 heterocycles. The van der Waals surface area contributed by atoms with Crippen LogP contribution in [0.2, 0.25) is 0 Å². The molecule has 0 aliphatic rings. The van der Waals surface area contributed by atoms with Gasteiger partial charge in [0.1, 0.15) is 37.9 Å². The lowest BCUT2D eigenvalue weighted by Crippen LogP contribution is -3.61. The molecular formula is C20H22IO4+. The van der Waals surface area contributed by atoms with Crippen molar-refractivity contribution >= 4 is 0 Å². The van der Waals surface area contributed by atoms with Crippen LogP contribution in [-0.2, 0) is 9.47 Å². The Bertz CT molecular complexity index is 580. The van der Waals surface area contributed by atoms with Crippen molar-refractivity contribution in [1.29, 1.82) is 0 Å². The second kappa shape index (κ2) is 11.4. The average Bonchev–Trinajstić information content (AvgIpc) is 2.65. The van der Waals surface area contributed by atoms with Gasteiger partial charge in [0.25, 0.3) is 0 Å². The molecule has 0 unspecified atom stereocenters. The molecule has 0 fully saturated rings. The SMILES string of the molecule is C=COCCOc1ccc([I+]c2ccc(OCCOC=C)cc2)cc1. The maximum absolute atomic E-state index is 5.59. The molecule has 2 aromatic carbocycles. The molecule has 4 nitrogen and oxygen atoms in total. The molecule has 0 spiro atoms. The van der Waals surface area contributed by atoms with Gasteiger partial charge in [-0.05, 0) is 48.5 Å². The van der Waals surface area contributed by atoms with Gasteiger partial charge in [0.2, 0.25) is 0 Å². The molecule has 0 radical (unpaired) electrons. The summed E-state index contributed by atoms with van der Waals surface area (Å²) in [5.74, 6) is 1.71. The van der Waals surface area contributed by atoms with Crippen molar-refractivity contribution in [3.05, 3.63) is 81.4 Å². The van der Waals surface area contributed by atoms with E-state index in [1.165, 1.54) is 19.7 Å². The van der Waals surface area contributed by atoms with E-state index < -0.39 is 0 Å². The Balaban J connectivity index is 1.79. The van der Waals surface area contributed by atoms with Crippen LogP contribution < -0.4 is 30.7 Å². The Morgan fingerprint density at radius 3 is 1.40 bits per heavy atom. The highest BCUT2D eigenvalue weighted by Gasteiger charge is 2.15. The first-order chi connectivity index (χ1) is 12.3. The predicted octanol–water partition coefficient (Wildman–Crippen LogP) is 0.893. The summed E-state index contributed by atoms with van der Waals surface area (Å²) in [6.07, 6.45) is 2.84. The van der Waals surface area contributed by atoms with Crippen LogP contribution in [0.3, 0.4) is 0 Å². The molecule has 0 aliphatic heterocycles. The van der Waals surface area contributed by atoms with Crippen LogP contribution >= 0.6 is 0 Å². The maximum atomic E-state index is 5.59. The summed E-state index contributed by atoms with van der Waals surface area (Å²) in [5, 5.41) is 0. The Kier molecular flexibility index (Phi) is 8.75. The summed E-state index contributed by atoms with van der Waals surface area (Å²) >= 11 is -0.223. The van der Waals surface area contributed by atoms with Crippen LogP contribution in [0.5, 0.6) is 11.5 Å². The molecule has 0 saturated heterocycles. The first-order valence-electron chi connectivity index (χ1n) is 7.87. The smallest absolute Gasteiger partial charge is 0.357 e. The Labute approximate surface area is 159 Å². The van der Waals surface area contributed by atoms with Gasteiger partial charge in [0, 0.05) is 0 Å². The van der Waals surface area contributed by atoms with E-state index in [4.69, 9.17) is 18.9 Å².